The summed E-state index contributed by atoms with van der Waals surface area (Å²) >= 11 is 5.41. The van der Waals surface area contributed by atoms with Crippen molar-refractivity contribution in [2.24, 2.45) is 0 Å². The van der Waals surface area contributed by atoms with Crippen LogP contribution in [0, 0.1) is 11.8 Å². The van der Waals surface area contributed by atoms with E-state index in [1.165, 1.54) is 11.1 Å². The largest absolute Gasteiger partial charge is 0.493 e. The SMILES string of the molecule is COc1cc2c(cc1OC)CN(Cn1nc(-c3ccccc3C)oc1=S)CC2. The predicted octanol–water partition coefficient (Wildman–Crippen LogP) is 4.21. The van der Waals surface area contributed by atoms with Crippen molar-refractivity contribution in [1.82, 2.24) is 14.7 Å². The van der Waals surface area contributed by atoms with Crippen LogP contribution in [0.4, 0.5) is 0 Å². The molecule has 0 N–H and O–H groups in total. The molecule has 1 aliphatic rings. The zero-order chi connectivity index (χ0) is 19.7. The minimum atomic E-state index is 0.386. The fourth-order valence-electron chi connectivity index (χ4n) is 3.57. The standard InChI is InChI=1S/C21H23N3O3S/c1-14-6-4-5-7-17(14)20-22-24(21(28)27-20)13-23-9-8-15-10-18(25-2)19(26-3)11-16(15)12-23/h4-7,10-11H,8-9,12-13H2,1-3H3. The van der Waals surface area contributed by atoms with E-state index in [9.17, 15) is 0 Å². The van der Waals surface area contributed by atoms with E-state index >= 15 is 0 Å². The predicted molar refractivity (Wildman–Crippen MR) is 109 cm³/mol. The third-order valence-electron chi connectivity index (χ3n) is 5.11. The van der Waals surface area contributed by atoms with Crippen molar-refractivity contribution in [2.45, 2.75) is 26.6 Å². The second kappa shape index (κ2) is 7.77. The molecule has 7 heteroatoms. The molecule has 3 aromatic rings. The molecule has 1 aromatic heterocycles. The summed E-state index contributed by atoms with van der Waals surface area (Å²) in [6.45, 7) is 4.33. The van der Waals surface area contributed by atoms with Gasteiger partial charge in [-0.2, -0.15) is 0 Å². The highest BCUT2D eigenvalue weighted by molar-refractivity contribution is 7.71. The van der Waals surface area contributed by atoms with Crippen LogP contribution in [0.3, 0.4) is 0 Å². The summed E-state index contributed by atoms with van der Waals surface area (Å²) in [4.78, 5) is 2.69. The molecule has 0 aliphatic carbocycles. The lowest BCUT2D eigenvalue weighted by molar-refractivity contribution is 0.185. The highest BCUT2D eigenvalue weighted by atomic mass is 32.1. The molecule has 4 rings (SSSR count). The van der Waals surface area contributed by atoms with Crippen LogP contribution in [0.2, 0.25) is 0 Å². The summed E-state index contributed by atoms with van der Waals surface area (Å²) in [6, 6.07) is 12.1. The first-order valence-electron chi connectivity index (χ1n) is 9.19. The minimum Gasteiger partial charge on any atom is -0.493 e. The molecule has 0 unspecified atom stereocenters. The van der Waals surface area contributed by atoms with Crippen LogP contribution in [0.1, 0.15) is 16.7 Å². The van der Waals surface area contributed by atoms with Crippen LogP contribution in [-0.2, 0) is 19.6 Å². The van der Waals surface area contributed by atoms with Gasteiger partial charge < -0.3 is 13.9 Å². The van der Waals surface area contributed by atoms with Gasteiger partial charge in [0.2, 0.25) is 5.89 Å². The summed E-state index contributed by atoms with van der Waals surface area (Å²) in [5.41, 5.74) is 4.60. The molecule has 0 saturated heterocycles. The smallest absolute Gasteiger partial charge is 0.288 e. The van der Waals surface area contributed by atoms with E-state index in [-0.39, 0.29) is 0 Å². The zero-order valence-corrected chi connectivity index (χ0v) is 17.1. The normalized spacial score (nSPS) is 14.0. The molecule has 0 bridgehead atoms. The van der Waals surface area contributed by atoms with Gasteiger partial charge in [0.25, 0.3) is 4.84 Å². The number of rotatable bonds is 5. The van der Waals surface area contributed by atoms with E-state index in [0.717, 1.165) is 42.1 Å². The third kappa shape index (κ3) is 3.55. The first-order valence-corrected chi connectivity index (χ1v) is 9.60. The van der Waals surface area contributed by atoms with Gasteiger partial charge in [0.05, 0.1) is 20.9 Å². The molecule has 28 heavy (non-hydrogen) atoms. The Morgan fingerprint density at radius 1 is 1.11 bits per heavy atom. The zero-order valence-electron chi connectivity index (χ0n) is 16.3. The second-order valence-electron chi connectivity index (χ2n) is 6.91. The number of benzene rings is 2. The molecule has 0 spiro atoms. The maximum Gasteiger partial charge on any atom is 0.288 e. The van der Waals surface area contributed by atoms with E-state index in [4.69, 9.17) is 26.1 Å². The Labute approximate surface area is 169 Å². The molecular formula is C21H23N3O3S. The van der Waals surface area contributed by atoms with Gasteiger partial charge in [-0.3, -0.25) is 4.90 Å². The van der Waals surface area contributed by atoms with Crippen LogP contribution < -0.4 is 9.47 Å². The number of ether oxygens (including phenoxy) is 2. The van der Waals surface area contributed by atoms with Crippen LogP contribution in [0.15, 0.2) is 40.8 Å². The average Bonchev–Trinajstić information content (AvgIpc) is 3.07. The van der Waals surface area contributed by atoms with Gasteiger partial charge in [0, 0.05) is 18.7 Å². The van der Waals surface area contributed by atoms with Crippen molar-refractivity contribution >= 4 is 12.2 Å². The van der Waals surface area contributed by atoms with Gasteiger partial charge in [-0.25, -0.2) is 4.68 Å². The van der Waals surface area contributed by atoms with Crippen molar-refractivity contribution in [3.8, 4) is 23.0 Å². The van der Waals surface area contributed by atoms with Gasteiger partial charge in [0.15, 0.2) is 11.5 Å². The summed E-state index contributed by atoms with van der Waals surface area (Å²) in [5, 5.41) is 4.61. The summed E-state index contributed by atoms with van der Waals surface area (Å²) in [5.74, 6) is 2.09. The lowest BCUT2D eigenvalue weighted by atomic mass is 9.99. The first kappa shape index (κ1) is 18.7. The van der Waals surface area contributed by atoms with E-state index in [0.29, 0.717) is 17.4 Å². The summed E-state index contributed by atoms with van der Waals surface area (Å²) < 4.78 is 18.4. The molecule has 146 valence electrons. The Morgan fingerprint density at radius 2 is 1.82 bits per heavy atom. The lowest BCUT2D eigenvalue weighted by Gasteiger charge is -2.29. The van der Waals surface area contributed by atoms with Gasteiger partial charge in [-0.05, 0) is 60.5 Å². The van der Waals surface area contributed by atoms with Crippen molar-refractivity contribution in [3.05, 3.63) is 57.9 Å². The van der Waals surface area contributed by atoms with Gasteiger partial charge in [0.1, 0.15) is 0 Å². The van der Waals surface area contributed by atoms with E-state index < -0.39 is 0 Å². The molecule has 0 saturated carbocycles. The Balaban J connectivity index is 1.55. The van der Waals surface area contributed by atoms with Crippen LogP contribution in [0.25, 0.3) is 11.5 Å². The van der Waals surface area contributed by atoms with Crippen molar-refractivity contribution in [3.63, 3.8) is 0 Å². The highest BCUT2D eigenvalue weighted by Crippen LogP contribution is 2.33. The molecule has 0 radical (unpaired) electrons. The van der Waals surface area contributed by atoms with E-state index in [1.807, 2.05) is 31.2 Å². The monoisotopic (exact) mass is 397 g/mol. The van der Waals surface area contributed by atoms with E-state index in [2.05, 4.69) is 22.1 Å². The minimum absolute atomic E-state index is 0.386. The Bertz CT molecular complexity index is 1060. The molecular weight excluding hydrogens is 374 g/mol. The number of fused-ring (bicyclic) bond motifs is 1. The molecule has 2 aromatic carbocycles. The highest BCUT2D eigenvalue weighted by Gasteiger charge is 2.21. The van der Waals surface area contributed by atoms with E-state index in [1.54, 1.807) is 18.9 Å². The van der Waals surface area contributed by atoms with Gasteiger partial charge in [-0.1, -0.05) is 18.2 Å². The number of aromatic nitrogens is 2. The van der Waals surface area contributed by atoms with Crippen LogP contribution >= 0.6 is 12.2 Å². The topological polar surface area (TPSA) is 52.7 Å². The van der Waals surface area contributed by atoms with Crippen molar-refractivity contribution in [1.29, 1.82) is 0 Å². The van der Waals surface area contributed by atoms with Gasteiger partial charge >= 0.3 is 0 Å². The molecule has 0 fully saturated rings. The maximum atomic E-state index is 5.76. The first-order chi connectivity index (χ1) is 13.6. The Morgan fingerprint density at radius 3 is 2.54 bits per heavy atom. The Hall–Kier alpha value is -2.64. The lowest BCUT2D eigenvalue weighted by Crippen LogP contribution is -2.32. The third-order valence-corrected chi connectivity index (χ3v) is 5.41. The van der Waals surface area contributed by atoms with Crippen molar-refractivity contribution in [2.75, 3.05) is 20.8 Å². The number of hydrogen-bond donors (Lipinski definition) is 0. The maximum absolute atomic E-state index is 5.76. The van der Waals surface area contributed by atoms with Crippen LogP contribution in [0.5, 0.6) is 11.5 Å². The molecule has 0 amide bonds. The number of nitrogens with zero attached hydrogens (tertiary/aromatic N) is 3. The number of hydrogen-bond acceptors (Lipinski definition) is 6. The fourth-order valence-corrected chi connectivity index (χ4v) is 3.75. The molecule has 2 heterocycles. The van der Waals surface area contributed by atoms with Crippen molar-refractivity contribution < 1.29 is 13.9 Å². The van der Waals surface area contributed by atoms with Crippen LogP contribution in [-0.4, -0.2) is 35.4 Å². The number of aryl methyl sites for hydroxylation is 1. The molecule has 1 aliphatic heterocycles. The Kier molecular flexibility index (Phi) is 5.19. The summed E-state index contributed by atoms with van der Waals surface area (Å²) in [7, 11) is 3.32. The summed E-state index contributed by atoms with van der Waals surface area (Å²) in [6.07, 6.45) is 0.936. The van der Waals surface area contributed by atoms with Gasteiger partial charge in [-0.15, -0.1) is 5.10 Å². The molecule has 6 nitrogen and oxygen atoms in total. The molecule has 0 atom stereocenters. The quantitative estimate of drug-likeness (QED) is 0.601. The number of methoxy groups -OCH3 is 2. The fraction of sp³-hybridized carbons (Fsp3) is 0.333. The average molecular weight is 398 g/mol. The second-order valence-corrected chi connectivity index (χ2v) is 7.26.